The molecule has 1 atom stereocenters. The van der Waals surface area contributed by atoms with Gasteiger partial charge < -0.3 is 11.5 Å². The number of hydrogen-bond acceptors (Lipinski definition) is 3. The minimum absolute atomic E-state index is 0.0593. The molecule has 0 fully saturated rings. The molecule has 3 nitrogen and oxygen atoms in total. The van der Waals surface area contributed by atoms with Crippen LogP contribution in [0.15, 0.2) is 12.3 Å². The van der Waals surface area contributed by atoms with Gasteiger partial charge in [0.25, 0.3) is 0 Å². The average Bonchev–Trinajstić information content (AvgIpc) is 2.10. The highest BCUT2D eigenvalue weighted by Crippen LogP contribution is 2.18. The number of nitrogens with zero attached hydrogens (tertiary/aromatic N) is 1. The molecular weight excluding hydrogens is 169 g/mol. The summed E-state index contributed by atoms with van der Waals surface area (Å²) >= 11 is 0. The van der Waals surface area contributed by atoms with Gasteiger partial charge in [0.05, 0.1) is 5.69 Å². The third-order valence-corrected chi connectivity index (χ3v) is 1.92. The Labute approximate surface area is 77.0 Å². The van der Waals surface area contributed by atoms with Crippen molar-refractivity contribution < 1.29 is 4.39 Å². The molecule has 1 aromatic heterocycles. The summed E-state index contributed by atoms with van der Waals surface area (Å²) in [6, 6.07) is 1.45. The predicted molar refractivity (Wildman–Crippen MR) is 50.4 cm³/mol. The van der Waals surface area contributed by atoms with Crippen LogP contribution in [0.5, 0.6) is 0 Å². The summed E-state index contributed by atoms with van der Waals surface area (Å²) < 4.78 is 12.7. The van der Waals surface area contributed by atoms with Crippen molar-refractivity contribution in [3.8, 4) is 0 Å². The van der Waals surface area contributed by atoms with Gasteiger partial charge in [0.2, 0.25) is 5.95 Å². The van der Waals surface area contributed by atoms with Crippen LogP contribution in [-0.4, -0.2) is 4.98 Å². The number of nitrogens with two attached hydrogens (primary N) is 2. The third kappa shape index (κ3) is 2.39. The van der Waals surface area contributed by atoms with E-state index < -0.39 is 5.95 Å². The third-order valence-electron chi connectivity index (χ3n) is 1.92. The Morgan fingerprint density at radius 3 is 2.85 bits per heavy atom. The van der Waals surface area contributed by atoms with Crippen LogP contribution in [-0.2, 0) is 0 Å². The maximum Gasteiger partial charge on any atom is 0.236 e. The summed E-state index contributed by atoms with van der Waals surface area (Å²) in [4.78, 5) is 3.51. The fraction of sp³-hybridized carbons (Fsp3) is 0.444. The van der Waals surface area contributed by atoms with Crippen LogP contribution in [0.2, 0.25) is 0 Å². The normalized spacial score (nSPS) is 12.8. The molecule has 1 rings (SSSR count). The highest BCUT2D eigenvalue weighted by Gasteiger charge is 2.07. The van der Waals surface area contributed by atoms with E-state index in [0.29, 0.717) is 0 Å². The lowest BCUT2D eigenvalue weighted by Crippen LogP contribution is -2.11. The largest absolute Gasteiger partial charge is 0.395 e. The highest BCUT2D eigenvalue weighted by molar-refractivity contribution is 5.39. The second-order valence-corrected chi connectivity index (χ2v) is 3.04. The number of halogens is 1. The van der Waals surface area contributed by atoms with Gasteiger partial charge >= 0.3 is 0 Å². The summed E-state index contributed by atoms with van der Waals surface area (Å²) in [6.45, 7) is 2.04. The van der Waals surface area contributed by atoms with Crippen molar-refractivity contribution in [2.45, 2.75) is 25.8 Å². The van der Waals surface area contributed by atoms with Crippen molar-refractivity contribution >= 4 is 5.69 Å². The summed E-state index contributed by atoms with van der Waals surface area (Å²) in [6.07, 6.45) is 3.28. The average molecular weight is 183 g/mol. The monoisotopic (exact) mass is 183 g/mol. The molecule has 0 radical (unpaired) electrons. The number of rotatable bonds is 3. The first-order valence-electron chi connectivity index (χ1n) is 4.31. The smallest absolute Gasteiger partial charge is 0.236 e. The van der Waals surface area contributed by atoms with Crippen LogP contribution in [0.1, 0.15) is 31.4 Å². The summed E-state index contributed by atoms with van der Waals surface area (Å²) in [5, 5.41) is 0. The van der Waals surface area contributed by atoms with E-state index in [2.05, 4.69) is 4.98 Å². The van der Waals surface area contributed by atoms with E-state index >= 15 is 0 Å². The quantitative estimate of drug-likeness (QED) is 0.699. The fourth-order valence-corrected chi connectivity index (χ4v) is 1.16. The number of anilines is 1. The first-order valence-corrected chi connectivity index (χ1v) is 4.31. The van der Waals surface area contributed by atoms with E-state index in [9.17, 15) is 4.39 Å². The Balaban J connectivity index is 2.84. The standard InChI is InChI=1S/C9H14FN3/c1-2-3-7(11)6-4-8(12)9(10)13-5-6/h4-5,7H,2-3,11-12H2,1H3/t7-/m0/s1. The van der Waals surface area contributed by atoms with Gasteiger partial charge in [0.1, 0.15) is 0 Å². The molecule has 0 bridgehead atoms. The topological polar surface area (TPSA) is 64.9 Å². The molecule has 0 amide bonds. The molecule has 0 aliphatic rings. The molecule has 0 spiro atoms. The molecule has 0 aliphatic carbocycles. The van der Waals surface area contributed by atoms with Gasteiger partial charge in [-0.15, -0.1) is 0 Å². The first kappa shape index (κ1) is 9.92. The molecule has 4 N–H and O–H groups in total. The van der Waals surface area contributed by atoms with Gasteiger partial charge in [0, 0.05) is 12.2 Å². The van der Waals surface area contributed by atoms with E-state index in [4.69, 9.17) is 11.5 Å². The van der Waals surface area contributed by atoms with Crippen molar-refractivity contribution in [2.75, 3.05) is 5.73 Å². The summed E-state index contributed by atoms with van der Waals surface area (Å²) in [7, 11) is 0. The van der Waals surface area contributed by atoms with Crippen LogP contribution in [0.4, 0.5) is 10.1 Å². The second kappa shape index (κ2) is 4.18. The zero-order chi connectivity index (χ0) is 9.84. The SMILES string of the molecule is CCC[C@H](N)c1cnc(F)c(N)c1. The maximum absolute atomic E-state index is 12.7. The molecule has 4 heteroatoms. The highest BCUT2D eigenvalue weighted by atomic mass is 19.1. The molecule has 1 aromatic rings. The van der Waals surface area contributed by atoms with Crippen LogP contribution >= 0.6 is 0 Å². The molecule has 0 saturated heterocycles. The number of pyridine rings is 1. The van der Waals surface area contributed by atoms with Crippen LogP contribution in [0, 0.1) is 5.95 Å². The second-order valence-electron chi connectivity index (χ2n) is 3.04. The van der Waals surface area contributed by atoms with Crippen molar-refractivity contribution in [3.05, 3.63) is 23.8 Å². The lowest BCUT2D eigenvalue weighted by molar-refractivity contribution is 0.580. The zero-order valence-corrected chi connectivity index (χ0v) is 7.63. The molecule has 72 valence electrons. The van der Waals surface area contributed by atoms with Crippen LogP contribution in [0.3, 0.4) is 0 Å². The predicted octanol–water partition coefficient (Wildman–Crippen LogP) is 1.60. The number of hydrogen-bond donors (Lipinski definition) is 2. The first-order chi connectivity index (χ1) is 6.15. The minimum atomic E-state index is -0.632. The van der Waals surface area contributed by atoms with E-state index in [1.807, 2.05) is 6.92 Å². The van der Waals surface area contributed by atoms with Crippen molar-refractivity contribution in [1.82, 2.24) is 4.98 Å². The lowest BCUT2D eigenvalue weighted by atomic mass is 10.1. The number of aromatic nitrogens is 1. The minimum Gasteiger partial charge on any atom is -0.395 e. The Kier molecular flexibility index (Phi) is 3.19. The Hall–Kier alpha value is -1.16. The van der Waals surface area contributed by atoms with Gasteiger partial charge in [-0.05, 0) is 18.1 Å². The number of nitrogen functional groups attached to an aromatic ring is 1. The lowest BCUT2D eigenvalue weighted by Gasteiger charge is -2.10. The van der Waals surface area contributed by atoms with Crippen LogP contribution in [0.25, 0.3) is 0 Å². The molecule has 0 saturated carbocycles. The van der Waals surface area contributed by atoms with Crippen molar-refractivity contribution in [1.29, 1.82) is 0 Å². The molecule has 1 heterocycles. The van der Waals surface area contributed by atoms with Gasteiger partial charge in [-0.3, -0.25) is 0 Å². The Morgan fingerprint density at radius 2 is 2.31 bits per heavy atom. The molecule has 0 aromatic carbocycles. The van der Waals surface area contributed by atoms with Crippen LogP contribution < -0.4 is 11.5 Å². The van der Waals surface area contributed by atoms with Gasteiger partial charge in [-0.2, -0.15) is 4.39 Å². The molecule has 0 aliphatic heterocycles. The molecule has 0 unspecified atom stereocenters. The van der Waals surface area contributed by atoms with E-state index in [-0.39, 0.29) is 11.7 Å². The molecule has 13 heavy (non-hydrogen) atoms. The van der Waals surface area contributed by atoms with E-state index in [1.165, 1.54) is 6.20 Å². The maximum atomic E-state index is 12.7. The van der Waals surface area contributed by atoms with Gasteiger partial charge in [-0.1, -0.05) is 13.3 Å². The summed E-state index contributed by atoms with van der Waals surface area (Å²) in [5.74, 6) is -0.632. The van der Waals surface area contributed by atoms with Gasteiger partial charge in [0.15, 0.2) is 0 Å². The van der Waals surface area contributed by atoms with Crippen molar-refractivity contribution in [3.63, 3.8) is 0 Å². The van der Waals surface area contributed by atoms with E-state index in [1.54, 1.807) is 6.07 Å². The zero-order valence-electron chi connectivity index (χ0n) is 7.63. The Bertz CT molecular complexity index is 288. The van der Waals surface area contributed by atoms with Crippen molar-refractivity contribution in [2.24, 2.45) is 5.73 Å². The van der Waals surface area contributed by atoms with E-state index in [0.717, 1.165) is 18.4 Å². The fourth-order valence-electron chi connectivity index (χ4n) is 1.16. The Morgan fingerprint density at radius 1 is 1.62 bits per heavy atom. The van der Waals surface area contributed by atoms with Gasteiger partial charge in [-0.25, -0.2) is 4.98 Å². The molecular formula is C9H14FN3. The summed E-state index contributed by atoms with van der Waals surface area (Å²) in [5.41, 5.74) is 12.0.